The molecule has 0 amide bonds. The van der Waals surface area contributed by atoms with E-state index in [1.54, 1.807) is 6.20 Å². The van der Waals surface area contributed by atoms with Crippen LogP contribution in [0.1, 0.15) is 19.4 Å². The van der Waals surface area contributed by atoms with Gasteiger partial charge in [-0.3, -0.25) is 0 Å². The van der Waals surface area contributed by atoms with Crippen LogP contribution in [0.3, 0.4) is 0 Å². The van der Waals surface area contributed by atoms with Crippen LogP contribution in [0.2, 0.25) is 0 Å². The molecular weight excluding hydrogens is 891 g/mol. The number of hydrogen-bond donors (Lipinski definition) is 0. The molecule has 1 heterocycles. The Morgan fingerprint density at radius 3 is 0.984 bits per heavy atom. The fourth-order valence-electron chi connectivity index (χ4n) is 6.48. The van der Waals surface area contributed by atoms with Gasteiger partial charge in [-0.15, -0.1) is 21.9 Å². The number of halogens is 20. The molecule has 0 aliphatic carbocycles. The van der Waals surface area contributed by atoms with Gasteiger partial charge in [0.05, 0.1) is 12.3 Å². The van der Waals surface area contributed by atoms with E-state index in [4.69, 9.17) is 4.74 Å². The summed E-state index contributed by atoms with van der Waals surface area (Å²) >= 11 is 0. The number of benzene rings is 5. The summed E-state index contributed by atoms with van der Waals surface area (Å²) < 4.78 is 302. The quantitative estimate of drug-likeness (QED) is 0.0509. The maximum atomic E-state index is 15.4. The minimum Gasteiger partial charge on any atom is -0.471 e. The molecule has 0 fully saturated rings. The van der Waals surface area contributed by atoms with Gasteiger partial charge in [0.15, 0.2) is 82.5 Å². The van der Waals surface area contributed by atoms with Crippen LogP contribution in [0.25, 0.3) is 0 Å². The highest BCUT2D eigenvalue weighted by atomic mass is 19.2. The Morgan fingerprint density at radius 2 is 0.710 bits per heavy atom. The third kappa shape index (κ3) is 7.62. The fourth-order valence-corrected chi connectivity index (χ4v) is 6.48. The fraction of sp³-hybridized carbons (Fsp3) is 0.105. The van der Waals surface area contributed by atoms with Gasteiger partial charge >= 0.3 is 0 Å². The molecule has 0 saturated carbocycles. The Hall–Kier alpha value is -6.36. The molecule has 24 heteroatoms. The molecule has 0 radical (unpaired) electrons. The lowest BCUT2D eigenvalue weighted by Crippen LogP contribution is -2.81. The van der Waals surface area contributed by atoms with E-state index in [1.807, 2.05) is 44.4 Å². The van der Waals surface area contributed by atoms with Crippen LogP contribution in [0, 0.1) is 116 Å². The first-order valence-electron chi connectivity index (χ1n) is 16.7. The van der Waals surface area contributed by atoms with E-state index in [1.165, 1.54) is 5.56 Å². The summed E-state index contributed by atoms with van der Waals surface area (Å²) in [6.07, 6.45) is -1.44. The summed E-state index contributed by atoms with van der Waals surface area (Å²) in [4.78, 5) is 4.18. The van der Waals surface area contributed by atoms with E-state index < -0.39 is 144 Å². The molecule has 0 spiro atoms. The van der Waals surface area contributed by atoms with Crippen molar-refractivity contribution in [3.8, 4) is 5.88 Å². The SMILES string of the molecule is CC(C)Oc1c[n+](Cc2ccccc2)ccn1.Fc1c(F)c(F)c([B-](c2c(F)c(F)c(F)c(F)c2F)(c2c(F)c(F)c(F)c(F)c2F)c2c(F)c(F)c(F)c(F)c2F)c(F)c1F. The highest BCUT2D eigenvalue weighted by Gasteiger charge is 2.52. The van der Waals surface area contributed by atoms with Crippen molar-refractivity contribution in [2.45, 2.75) is 26.5 Å². The molecule has 5 aromatic carbocycles. The van der Waals surface area contributed by atoms with Gasteiger partial charge in [0, 0.05) is 5.56 Å². The van der Waals surface area contributed by atoms with Crippen molar-refractivity contribution >= 4 is 28.0 Å². The van der Waals surface area contributed by atoms with Gasteiger partial charge < -0.3 is 4.74 Å². The Kier molecular flexibility index (Phi) is 13.2. The van der Waals surface area contributed by atoms with E-state index in [0.29, 0.717) is 5.88 Å². The number of nitrogens with zero attached hydrogens (tertiary/aromatic N) is 2. The zero-order chi connectivity index (χ0) is 46.4. The van der Waals surface area contributed by atoms with Gasteiger partial charge in [0.2, 0.25) is 6.20 Å². The zero-order valence-electron chi connectivity index (χ0n) is 30.3. The van der Waals surface area contributed by atoms with Crippen molar-refractivity contribution in [3.05, 3.63) is 171 Å². The van der Waals surface area contributed by atoms with Crippen molar-refractivity contribution in [1.29, 1.82) is 0 Å². The number of ether oxygens (including phenoxy) is 1. The number of aromatic nitrogens is 2. The molecule has 3 nitrogen and oxygen atoms in total. The lowest BCUT2D eigenvalue weighted by Gasteiger charge is -2.44. The van der Waals surface area contributed by atoms with Crippen LogP contribution < -0.4 is 31.2 Å². The van der Waals surface area contributed by atoms with Crippen LogP contribution in [0.15, 0.2) is 48.9 Å². The average molecular weight is 908 g/mol. The summed E-state index contributed by atoms with van der Waals surface area (Å²) in [7, 11) is 0. The van der Waals surface area contributed by atoms with Crippen molar-refractivity contribution in [2.75, 3.05) is 0 Å². The van der Waals surface area contributed by atoms with Gasteiger partial charge in [-0.2, -0.15) is 4.57 Å². The van der Waals surface area contributed by atoms with Crippen LogP contribution >= 0.6 is 0 Å². The van der Waals surface area contributed by atoms with Gasteiger partial charge in [-0.25, -0.2) is 92.8 Å². The van der Waals surface area contributed by atoms with E-state index >= 15 is 35.1 Å². The van der Waals surface area contributed by atoms with Crippen LogP contribution in [0.5, 0.6) is 5.88 Å². The third-order valence-electron chi connectivity index (χ3n) is 9.01. The molecule has 0 aliphatic heterocycles. The predicted octanol–water partition coefficient (Wildman–Crippen LogP) is 8.05. The first-order valence-corrected chi connectivity index (χ1v) is 16.7. The first kappa shape index (κ1) is 46.7. The molecule has 6 aromatic rings. The summed E-state index contributed by atoms with van der Waals surface area (Å²) in [6.45, 7) is 4.82. The molecule has 0 saturated heterocycles. The van der Waals surface area contributed by atoms with Gasteiger partial charge in [-0.05, 0) is 13.8 Å². The first-order chi connectivity index (χ1) is 28.9. The van der Waals surface area contributed by atoms with Crippen molar-refractivity contribution < 1.29 is 97.1 Å². The van der Waals surface area contributed by atoms with Crippen molar-refractivity contribution in [2.24, 2.45) is 0 Å². The summed E-state index contributed by atoms with van der Waals surface area (Å²) in [5.74, 6) is -70.7. The molecule has 6 rings (SSSR count). The second-order valence-corrected chi connectivity index (χ2v) is 13.0. The maximum absolute atomic E-state index is 15.4. The Morgan fingerprint density at radius 1 is 0.435 bits per heavy atom. The summed E-state index contributed by atoms with van der Waals surface area (Å²) in [5, 5.41) is 0. The third-order valence-corrected chi connectivity index (χ3v) is 9.01. The summed E-state index contributed by atoms with van der Waals surface area (Å²) in [6, 6.07) is 10.3. The normalized spacial score (nSPS) is 11.6. The topological polar surface area (TPSA) is 26.0 Å². The summed E-state index contributed by atoms with van der Waals surface area (Å²) in [5.41, 5.74) is -13.1. The second-order valence-electron chi connectivity index (χ2n) is 13.0. The minimum absolute atomic E-state index is 0.148. The number of hydrogen-bond acceptors (Lipinski definition) is 2. The van der Waals surface area contributed by atoms with Gasteiger partial charge in [-0.1, -0.05) is 30.3 Å². The zero-order valence-corrected chi connectivity index (χ0v) is 30.3. The molecule has 1 aromatic heterocycles. The Labute approximate surface area is 333 Å². The van der Waals surface area contributed by atoms with Crippen LogP contribution in [-0.4, -0.2) is 17.2 Å². The second kappa shape index (κ2) is 17.6. The van der Waals surface area contributed by atoms with E-state index in [9.17, 15) is 52.7 Å². The lowest BCUT2D eigenvalue weighted by molar-refractivity contribution is -0.689. The largest absolute Gasteiger partial charge is 0.471 e. The molecule has 0 N–H and O–H groups in total. The number of rotatable bonds is 8. The Bertz CT molecular complexity index is 2350. The predicted molar refractivity (Wildman–Crippen MR) is 175 cm³/mol. The standard InChI is InChI=1S/C24BF20.C14H17N2O/c26-5-1(6(27)14(35)21(42)13(5)34)25(2-7(28)15(36)22(43)16(37)8(2)29,3-9(30)17(38)23(44)18(39)10(3)31)4-11(32)19(40)24(45)20(41)12(4)33;1-12(2)17-14-11-16(9-8-15-14)10-13-6-4-3-5-7-13/h;3-9,11-12H,10H2,1-2H3/q-1;+1. The maximum Gasteiger partial charge on any atom is 0.280 e. The van der Waals surface area contributed by atoms with Crippen LogP contribution in [-0.2, 0) is 6.54 Å². The monoisotopic (exact) mass is 908 g/mol. The molecular formula is C38H17BF20N2O. The molecule has 328 valence electrons. The molecule has 0 atom stereocenters. The van der Waals surface area contributed by atoms with Crippen molar-refractivity contribution in [1.82, 2.24) is 4.98 Å². The van der Waals surface area contributed by atoms with Crippen molar-refractivity contribution in [3.63, 3.8) is 0 Å². The highest BCUT2D eigenvalue weighted by molar-refractivity contribution is 7.20. The lowest BCUT2D eigenvalue weighted by atomic mass is 9.12. The smallest absolute Gasteiger partial charge is 0.280 e. The van der Waals surface area contributed by atoms with Gasteiger partial charge in [0.25, 0.3) is 5.88 Å². The molecule has 0 aliphatic rings. The Balaban J connectivity index is 0.000000355. The highest BCUT2D eigenvalue weighted by Crippen LogP contribution is 2.30. The van der Waals surface area contributed by atoms with Gasteiger partial charge in [0.1, 0.15) is 52.7 Å². The van der Waals surface area contributed by atoms with Crippen LogP contribution in [0.4, 0.5) is 87.8 Å². The molecule has 0 unspecified atom stereocenters. The molecule has 62 heavy (non-hydrogen) atoms. The average Bonchev–Trinajstić information content (AvgIpc) is 3.24. The minimum atomic E-state index is -7.22. The molecule has 0 bridgehead atoms. The van der Waals surface area contributed by atoms with E-state index in [2.05, 4.69) is 21.7 Å². The van der Waals surface area contributed by atoms with E-state index in [0.717, 1.165) is 6.54 Å². The van der Waals surface area contributed by atoms with E-state index in [-0.39, 0.29) is 6.10 Å².